The molecule has 1 aliphatic rings. The van der Waals surface area contributed by atoms with Gasteiger partial charge >= 0.3 is 5.97 Å². The number of nitrogens with one attached hydrogen (secondary N) is 1. The lowest BCUT2D eigenvalue weighted by Gasteiger charge is -2.18. The normalized spacial score (nSPS) is 13.5. The quantitative estimate of drug-likeness (QED) is 0.343. The Bertz CT molecular complexity index is 1290. The van der Waals surface area contributed by atoms with E-state index < -0.39 is 5.97 Å². The molecular weight excluding hydrogens is 434 g/mol. The number of anilines is 2. The number of benzene rings is 3. The molecule has 2 N–H and O–H groups in total. The van der Waals surface area contributed by atoms with E-state index in [0.717, 1.165) is 35.2 Å². The molecule has 0 atom stereocenters. The lowest BCUT2D eigenvalue weighted by molar-refractivity contribution is 0.0686. The van der Waals surface area contributed by atoms with Gasteiger partial charge in [0.2, 0.25) is 0 Å². The van der Waals surface area contributed by atoms with Gasteiger partial charge in [-0.2, -0.15) is 0 Å². The fourth-order valence-electron chi connectivity index (χ4n) is 4.60. The number of hydrogen-bond acceptors (Lipinski definition) is 3. The Hall–Kier alpha value is -3.44. The van der Waals surface area contributed by atoms with E-state index in [9.17, 15) is 9.90 Å². The van der Waals surface area contributed by atoms with Gasteiger partial charge < -0.3 is 19.9 Å². The lowest BCUT2D eigenvalue weighted by atomic mass is 10.1. The minimum absolute atomic E-state index is 0.259. The number of aromatic nitrogens is 1. The van der Waals surface area contributed by atoms with E-state index in [-0.39, 0.29) is 5.69 Å². The van der Waals surface area contributed by atoms with E-state index in [0.29, 0.717) is 18.1 Å². The molecule has 0 radical (unpaired) electrons. The van der Waals surface area contributed by atoms with Gasteiger partial charge in [0.15, 0.2) is 0 Å². The van der Waals surface area contributed by atoms with Crippen LogP contribution >= 0.6 is 11.6 Å². The summed E-state index contributed by atoms with van der Waals surface area (Å²) in [5.74, 6) is -0.948. The summed E-state index contributed by atoms with van der Waals surface area (Å²) in [5.41, 5.74) is 5.48. The van der Waals surface area contributed by atoms with Gasteiger partial charge in [0.25, 0.3) is 0 Å². The summed E-state index contributed by atoms with van der Waals surface area (Å²) in [7, 11) is 0. The van der Waals surface area contributed by atoms with Crippen LogP contribution < -0.4 is 10.2 Å². The van der Waals surface area contributed by atoms with Gasteiger partial charge in [-0.05, 0) is 66.4 Å². The Morgan fingerprint density at radius 3 is 2.42 bits per heavy atom. The van der Waals surface area contributed by atoms with E-state index >= 15 is 0 Å². The molecule has 0 saturated carbocycles. The third kappa shape index (κ3) is 4.55. The zero-order chi connectivity index (χ0) is 22.8. The summed E-state index contributed by atoms with van der Waals surface area (Å²) in [6, 6.07) is 23.9. The minimum Gasteiger partial charge on any atom is -0.477 e. The van der Waals surface area contributed by atoms with E-state index in [1.165, 1.54) is 24.1 Å². The van der Waals surface area contributed by atoms with Crippen molar-refractivity contribution in [2.75, 3.05) is 23.3 Å². The molecule has 3 aromatic carbocycles. The van der Waals surface area contributed by atoms with Crippen molar-refractivity contribution in [2.24, 2.45) is 0 Å². The molecule has 1 fully saturated rings. The Labute approximate surface area is 198 Å². The largest absolute Gasteiger partial charge is 0.477 e. The summed E-state index contributed by atoms with van der Waals surface area (Å²) in [4.78, 5) is 14.4. The molecule has 1 aliphatic heterocycles. The fraction of sp³-hybridized carbons (Fsp3) is 0.222. The van der Waals surface area contributed by atoms with Crippen LogP contribution in [0, 0.1) is 0 Å². The number of hydrogen-bond donors (Lipinski definition) is 2. The van der Waals surface area contributed by atoms with Gasteiger partial charge in [0.1, 0.15) is 5.69 Å². The third-order valence-corrected chi connectivity index (χ3v) is 6.52. The fourth-order valence-corrected chi connectivity index (χ4v) is 4.81. The van der Waals surface area contributed by atoms with Crippen LogP contribution in [0.25, 0.3) is 10.9 Å². The van der Waals surface area contributed by atoms with Crippen molar-refractivity contribution in [1.82, 2.24) is 4.57 Å². The Kier molecular flexibility index (Phi) is 5.97. The van der Waals surface area contributed by atoms with Crippen LogP contribution in [0.5, 0.6) is 0 Å². The molecule has 0 unspecified atom stereocenters. The predicted molar refractivity (Wildman–Crippen MR) is 135 cm³/mol. The second kappa shape index (κ2) is 9.20. The highest BCUT2D eigenvalue weighted by Crippen LogP contribution is 2.29. The number of fused-ring (bicyclic) bond motifs is 1. The summed E-state index contributed by atoms with van der Waals surface area (Å²) in [6.07, 6.45) is 2.53. The molecule has 4 aromatic rings. The number of halogens is 1. The summed E-state index contributed by atoms with van der Waals surface area (Å²) >= 11 is 6.14. The molecule has 0 spiro atoms. The van der Waals surface area contributed by atoms with Crippen LogP contribution in [0.4, 0.5) is 11.4 Å². The second-order valence-electron chi connectivity index (χ2n) is 8.50. The zero-order valence-electron chi connectivity index (χ0n) is 18.3. The van der Waals surface area contributed by atoms with Crippen LogP contribution in [-0.4, -0.2) is 28.7 Å². The standard InChI is InChI=1S/C27H26ClN3O2/c28-21-6-3-5-20(15-21)18-31-25-8-4-7-24(23(25)16-26(31)27(32)33)29-17-19-9-11-22(12-10-19)30-13-1-2-14-30/h3-12,15-16,29H,1-2,13-14,17-18H2,(H,32,33). The maximum atomic E-state index is 12.0. The third-order valence-electron chi connectivity index (χ3n) is 6.29. The van der Waals surface area contributed by atoms with E-state index in [2.05, 4.69) is 34.5 Å². The molecule has 1 saturated heterocycles. The van der Waals surface area contributed by atoms with Crippen molar-refractivity contribution in [1.29, 1.82) is 0 Å². The highest BCUT2D eigenvalue weighted by atomic mass is 35.5. The van der Waals surface area contributed by atoms with E-state index in [1.807, 2.05) is 47.0 Å². The van der Waals surface area contributed by atoms with Gasteiger partial charge in [0, 0.05) is 48.0 Å². The molecule has 0 aliphatic carbocycles. The van der Waals surface area contributed by atoms with Gasteiger partial charge in [-0.3, -0.25) is 0 Å². The highest BCUT2D eigenvalue weighted by Gasteiger charge is 2.17. The first-order valence-corrected chi connectivity index (χ1v) is 11.6. The lowest BCUT2D eigenvalue weighted by Crippen LogP contribution is -2.17. The van der Waals surface area contributed by atoms with E-state index in [4.69, 9.17) is 11.6 Å². The zero-order valence-corrected chi connectivity index (χ0v) is 19.1. The topological polar surface area (TPSA) is 57.5 Å². The average Bonchev–Trinajstić information content (AvgIpc) is 3.47. The first-order valence-electron chi connectivity index (χ1n) is 11.3. The first kappa shape index (κ1) is 21.4. The van der Waals surface area contributed by atoms with Crippen LogP contribution in [0.2, 0.25) is 5.02 Å². The van der Waals surface area contributed by atoms with Crippen LogP contribution in [0.15, 0.2) is 72.8 Å². The van der Waals surface area contributed by atoms with Gasteiger partial charge in [-0.25, -0.2) is 4.79 Å². The number of rotatable bonds is 7. The van der Waals surface area contributed by atoms with Crippen LogP contribution in [0.1, 0.15) is 34.5 Å². The van der Waals surface area contributed by atoms with Crippen molar-refractivity contribution in [3.63, 3.8) is 0 Å². The van der Waals surface area contributed by atoms with Crippen molar-refractivity contribution in [3.05, 3.63) is 94.6 Å². The molecular formula is C27H26ClN3O2. The minimum atomic E-state index is -0.948. The second-order valence-corrected chi connectivity index (χ2v) is 8.94. The number of carboxylic acid groups (broad SMARTS) is 1. The van der Waals surface area contributed by atoms with E-state index in [1.54, 1.807) is 6.07 Å². The van der Waals surface area contributed by atoms with Crippen LogP contribution in [0.3, 0.4) is 0 Å². The predicted octanol–water partition coefficient (Wildman–Crippen LogP) is 6.25. The maximum absolute atomic E-state index is 12.0. The molecule has 0 bridgehead atoms. The monoisotopic (exact) mass is 459 g/mol. The molecule has 2 heterocycles. The summed E-state index contributed by atoms with van der Waals surface area (Å²) < 4.78 is 1.83. The summed E-state index contributed by atoms with van der Waals surface area (Å²) in [5, 5.41) is 14.9. The van der Waals surface area contributed by atoms with Crippen molar-refractivity contribution in [3.8, 4) is 0 Å². The highest BCUT2D eigenvalue weighted by molar-refractivity contribution is 6.30. The number of nitrogens with zero attached hydrogens (tertiary/aromatic N) is 2. The molecule has 1 aromatic heterocycles. The number of carbonyl (C=O) groups is 1. The average molecular weight is 460 g/mol. The van der Waals surface area contributed by atoms with Crippen molar-refractivity contribution >= 4 is 39.8 Å². The molecule has 168 valence electrons. The van der Waals surface area contributed by atoms with Crippen molar-refractivity contribution in [2.45, 2.75) is 25.9 Å². The van der Waals surface area contributed by atoms with Gasteiger partial charge in [0.05, 0.1) is 5.52 Å². The molecule has 5 nitrogen and oxygen atoms in total. The molecule has 33 heavy (non-hydrogen) atoms. The smallest absolute Gasteiger partial charge is 0.352 e. The molecule has 5 rings (SSSR count). The Balaban J connectivity index is 1.40. The van der Waals surface area contributed by atoms with Crippen LogP contribution in [-0.2, 0) is 13.1 Å². The van der Waals surface area contributed by atoms with Gasteiger partial charge in [-0.15, -0.1) is 0 Å². The number of aromatic carboxylic acids is 1. The first-order chi connectivity index (χ1) is 16.1. The molecule has 6 heteroatoms. The summed E-state index contributed by atoms with van der Waals surface area (Å²) in [6.45, 7) is 3.38. The Morgan fingerprint density at radius 1 is 0.939 bits per heavy atom. The maximum Gasteiger partial charge on any atom is 0.352 e. The SMILES string of the molecule is O=C(O)c1cc2c(NCc3ccc(N4CCCC4)cc3)cccc2n1Cc1cccc(Cl)c1. The molecule has 0 amide bonds. The van der Waals surface area contributed by atoms with Crippen molar-refractivity contribution < 1.29 is 9.90 Å². The van der Waals surface area contributed by atoms with Gasteiger partial charge in [-0.1, -0.05) is 41.9 Å². The number of carboxylic acids is 1. The Morgan fingerprint density at radius 2 is 1.70 bits per heavy atom.